The number of rotatable bonds is 8. The van der Waals surface area contributed by atoms with Gasteiger partial charge in [-0.1, -0.05) is 48.2 Å². The number of sulfone groups is 1. The van der Waals surface area contributed by atoms with E-state index in [4.69, 9.17) is 0 Å². The standard InChI is InChI=1S/C13H17NO5S3/c1-21(16,17)14-8-11-22(18,19)10-5-9-20-13(15)12-6-3-2-4-7-12/h2-7,9,14H,8,10-11H2,1H3/b9-5-. The van der Waals surface area contributed by atoms with Gasteiger partial charge in [-0.2, -0.15) is 0 Å². The first kappa shape index (κ1) is 18.9. The molecule has 122 valence electrons. The summed E-state index contributed by atoms with van der Waals surface area (Å²) >= 11 is 0.903. The van der Waals surface area contributed by atoms with Crippen LogP contribution in [0.1, 0.15) is 10.4 Å². The van der Waals surface area contributed by atoms with Crippen molar-refractivity contribution in [2.75, 3.05) is 24.3 Å². The molecule has 0 atom stereocenters. The first-order valence-corrected chi connectivity index (χ1v) is 10.8. The molecular formula is C13H17NO5S3. The molecule has 0 saturated carbocycles. The van der Waals surface area contributed by atoms with Gasteiger partial charge in [0.15, 0.2) is 9.84 Å². The van der Waals surface area contributed by atoms with Gasteiger partial charge in [-0.05, 0) is 5.41 Å². The van der Waals surface area contributed by atoms with E-state index in [9.17, 15) is 21.6 Å². The van der Waals surface area contributed by atoms with Crippen molar-refractivity contribution in [1.29, 1.82) is 0 Å². The minimum atomic E-state index is -3.40. The van der Waals surface area contributed by atoms with Gasteiger partial charge in [-0.3, -0.25) is 4.79 Å². The molecule has 1 N–H and O–H groups in total. The Balaban J connectivity index is 2.40. The van der Waals surface area contributed by atoms with Crippen LogP contribution in [0, 0.1) is 0 Å². The van der Waals surface area contributed by atoms with Gasteiger partial charge >= 0.3 is 0 Å². The minimum absolute atomic E-state index is 0.162. The number of hydrogen-bond acceptors (Lipinski definition) is 6. The molecule has 0 amide bonds. The fourth-order valence-corrected chi connectivity index (χ4v) is 3.69. The van der Waals surface area contributed by atoms with Gasteiger partial charge in [0.1, 0.15) is 0 Å². The van der Waals surface area contributed by atoms with E-state index in [1.807, 2.05) is 0 Å². The Labute approximate surface area is 135 Å². The van der Waals surface area contributed by atoms with Crippen LogP contribution >= 0.6 is 11.8 Å². The molecule has 1 aromatic carbocycles. The SMILES string of the molecule is CS(=O)(=O)NCCS(=O)(=O)C/C=C\SC(=O)c1ccccc1. The smallest absolute Gasteiger partial charge is 0.223 e. The molecule has 0 aliphatic carbocycles. The van der Waals surface area contributed by atoms with Crippen LogP contribution < -0.4 is 4.72 Å². The predicted molar refractivity (Wildman–Crippen MR) is 89.0 cm³/mol. The van der Waals surface area contributed by atoms with Gasteiger partial charge in [-0.15, -0.1) is 0 Å². The number of nitrogens with one attached hydrogen (secondary N) is 1. The van der Waals surface area contributed by atoms with E-state index in [1.165, 1.54) is 11.5 Å². The molecule has 0 radical (unpaired) electrons. The highest BCUT2D eigenvalue weighted by Gasteiger charge is 2.10. The van der Waals surface area contributed by atoms with Crippen LogP contribution in [0.25, 0.3) is 0 Å². The summed E-state index contributed by atoms with van der Waals surface area (Å²) in [4.78, 5) is 11.7. The monoisotopic (exact) mass is 363 g/mol. The summed E-state index contributed by atoms with van der Waals surface area (Å²) in [6, 6.07) is 8.65. The van der Waals surface area contributed by atoms with E-state index in [1.54, 1.807) is 30.3 Å². The minimum Gasteiger partial charge on any atom is -0.281 e. The lowest BCUT2D eigenvalue weighted by molar-refractivity contribution is 0.108. The Hall–Kier alpha value is -1.16. The molecule has 0 fully saturated rings. The van der Waals surface area contributed by atoms with Crippen LogP contribution in [0.2, 0.25) is 0 Å². The first-order chi connectivity index (χ1) is 10.2. The van der Waals surface area contributed by atoms with E-state index in [2.05, 4.69) is 4.72 Å². The van der Waals surface area contributed by atoms with Crippen LogP contribution in [0.4, 0.5) is 0 Å². The molecule has 0 aliphatic rings. The number of hydrogen-bond donors (Lipinski definition) is 1. The van der Waals surface area contributed by atoms with E-state index >= 15 is 0 Å². The predicted octanol–water partition coefficient (Wildman–Crippen LogP) is 1.04. The van der Waals surface area contributed by atoms with Crippen molar-refractivity contribution in [3.8, 4) is 0 Å². The second kappa shape index (κ2) is 8.47. The zero-order valence-corrected chi connectivity index (χ0v) is 14.4. The van der Waals surface area contributed by atoms with Crippen LogP contribution in [-0.4, -0.2) is 46.3 Å². The van der Waals surface area contributed by atoms with Gasteiger partial charge in [0.2, 0.25) is 15.1 Å². The quantitative estimate of drug-likeness (QED) is 0.741. The number of sulfonamides is 1. The average molecular weight is 363 g/mol. The maximum absolute atomic E-state index is 11.7. The fraction of sp³-hybridized carbons (Fsp3) is 0.308. The summed E-state index contributed by atoms with van der Waals surface area (Å²) in [5.41, 5.74) is 0.539. The van der Waals surface area contributed by atoms with E-state index < -0.39 is 19.9 Å². The summed E-state index contributed by atoms with van der Waals surface area (Å²) in [7, 11) is -6.80. The van der Waals surface area contributed by atoms with Crippen molar-refractivity contribution in [3.05, 3.63) is 47.4 Å². The largest absolute Gasteiger partial charge is 0.281 e. The molecule has 1 rings (SSSR count). The van der Waals surface area contributed by atoms with Crippen molar-refractivity contribution in [3.63, 3.8) is 0 Å². The van der Waals surface area contributed by atoms with Gasteiger partial charge < -0.3 is 0 Å². The third-order valence-electron chi connectivity index (χ3n) is 2.41. The molecule has 0 spiro atoms. The number of carbonyl (C=O) groups is 1. The summed E-state index contributed by atoms with van der Waals surface area (Å²) in [5, 5.41) is 1.25. The van der Waals surface area contributed by atoms with E-state index in [0.29, 0.717) is 5.56 Å². The molecule has 0 aromatic heterocycles. The van der Waals surface area contributed by atoms with Gasteiger partial charge in [-0.25, -0.2) is 21.6 Å². The van der Waals surface area contributed by atoms with Crippen molar-refractivity contribution in [1.82, 2.24) is 4.72 Å². The molecule has 22 heavy (non-hydrogen) atoms. The van der Waals surface area contributed by atoms with Crippen molar-refractivity contribution >= 4 is 36.7 Å². The normalized spacial score (nSPS) is 12.6. The van der Waals surface area contributed by atoms with Gasteiger partial charge in [0.05, 0.1) is 17.8 Å². The third-order valence-corrected chi connectivity index (χ3v) is 5.44. The van der Waals surface area contributed by atoms with Crippen molar-refractivity contribution in [2.45, 2.75) is 0 Å². The number of carbonyl (C=O) groups excluding carboxylic acids is 1. The van der Waals surface area contributed by atoms with Crippen LogP contribution in [0.5, 0.6) is 0 Å². The van der Waals surface area contributed by atoms with E-state index in [0.717, 1.165) is 18.0 Å². The molecule has 1 aromatic rings. The Morgan fingerprint density at radius 1 is 1.18 bits per heavy atom. The molecule has 9 heteroatoms. The molecular weight excluding hydrogens is 346 g/mol. The first-order valence-electron chi connectivity index (χ1n) is 6.26. The lowest BCUT2D eigenvalue weighted by Gasteiger charge is -2.02. The second-order valence-electron chi connectivity index (χ2n) is 4.42. The average Bonchev–Trinajstić information content (AvgIpc) is 2.42. The third kappa shape index (κ3) is 8.32. The summed E-state index contributed by atoms with van der Waals surface area (Å²) in [6.45, 7) is -0.162. The second-order valence-corrected chi connectivity index (χ2v) is 9.36. The number of benzene rings is 1. The summed E-state index contributed by atoms with van der Waals surface area (Å²) in [5.74, 6) is -0.533. The van der Waals surface area contributed by atoms with Crippen LogP contribution in [-0.2, 0) is 19.9 Å². The summed E-state index contributed by atoms with van der Waals surface area (Å²) < 4.78 is 47.1. The van der Waals surface area contributed by atoms with Crippen LogP contribution in [0.3, 0.4) is 0 Å². The molecule has 0 unspecified atom stereocenters. The number of thioether (sulfide) groups is 1. The molecule has 0 heterocycles. The molecule has 0 saturated heterocycles. The lowest BCUT2D eigenvalue weighted by Crippen LogP contribution is -2.28. The highest BCUT2D eigenvalue weighted by molar-refractivity contribution is 8.16. The highest BCUT2D eigenvalue weighted by atomic mass is 32.2. The van der Waals surface area contributed by atoms with Crippen molar-refractivity contribution < 1.29 is 21.6 Å². The van der Waals surface area contributed by atoms with Crippen LogP contribution in [0.15, 0.2) is 41.8 Å². The maximum atomic E-state index is 11.7. The Morgan fingerprint density at radius 3 is 2.41 bits per heavy atom. The summed E-state index contributed by atoms with van der Waals surface area (Å²) in [6.07, 6.45) is 2.34. The maximum Gasteiger partial charge on any atom is 0.223 e. The highest BCUT2D eigenvalue weighted by Crippen LogP contribution is 2.13. The molecule has 6 nitrogen and oxygen atoms in total. The Kier molecular flexibility index (Phi) is 7.27. The lowest BCUT2D eigenvalue weighted by atomic mass is 10.2. The van der Waals surface area contributed by atoms with Gasteiger partial charge in [0, 0.05) is 12.1 Å². The zero-order chi connectivity index (χ0) is 16.6. The Morgan fingerprint density at radius 2 is 1.82 bits per heavy atom. The molecule has 0 bridgehead atoms. The van der Waals surface area contributed by atoms with Crippen molar-refractivity contribution in [2.24, 2.45) is 0 Å². The van der Waals surface area contributed by atoms with E-state index in [-0.39, 0.29) is 23.2 Å². The Bertz CT molecular complexity index is 724. The fourth-order valence-electron chi connectivity index (χ4n) is 1.40. The van der Waals surface area contributed by atoms with Gasteiger partial charge in [0.25, 0.3) is 0 Å². The molecule has 0 aliphatic heterocycles. The zero-order valence-electron chi connectivity index (χ0n) is 11.9. The topological polar surface area (TPSA) is 97.4 Å².